The molecule has 2 aromatic rings. The molecule has 6 nitrogen and oxygen atoms in total. The molecule has 1 aromatic heterocycles. The molecule has 0 spiro atoms. The van der Waals surface area contributed by atoms with Gasteiger partial charge in [-0.1, -0.05) is 11.8 Å². The van der Waals surface area contributed by atoms with E-state index in [4.69, 9.17) is 9.47 Å². The van der Waals surface area contributed by atoms with Crippen LogP contribution in [0.25, 0.3) is 0 Å². The number of thiazole rings is 1. The zero-order chi connectivity index (χ0) is 17.8. The highest BCUT2D eigenvalue weighted by molar-refractivity contribution is 8.01. The second kappa shape index (κ2) is 7.88. The Bertz CT molecular complexity index is 789. The zero-order valence-electron chi connectivity index (χ0n) is 13.9. The minimum Gasteiger partial charge on any atom is -0.454 e. The van der Waals surface area contributed by atoms with Crippen LogP contribution in [0.2, 0.25) is 0 Å². The number of nitrogens with one attached hydrogen (secondary N) is 1. The molecule has 1 N–H and O–H groups in total. The van der Waals surface area contributed by atoms with Crippen molar-refractivity contribution in [3.8, 4) is 11.5 Å². The van der Waals surface area contributed by atoms with Crippen molar-refractivity contribution >= 4 is 34.8 Å². The Labute approximate surface area is 153 Å². The molecule has 3 rings (SSSR count). The van der Waals surface area contributed by atoms with Gasteiger partial charge in [0.25, 0.3) is 0 Å². The van der Waals surface area contributed by atoms with E-state index in [2.05, 4.69) is 10.3 Å². The molecule has 0 aliphatic carbocycles. The van der Waals surface area contributed by atoms with Crippen molar-refractivity contribution in [2.75, 3.05) is 12.5 Å². The third-order valence-corrected chi connectivity index (χ3v) is 5.41. The highest BCUT2D eigenvalue weighted by atomic mass is 32.2. The maximum absolute atomic E-state index is 12.3. The minimum absolute atomic E-state index is 0.00222. The standard InChI is InChI=1S/C17H18N2O4S2/c1-10(2)18-16(21)6-12-7-24-17(19-12)25-8-13(20)11-3-4-14-15(5-11)23-9-22-14/h3-5,7,10H,6,8-9H2,1-2H3,(H,18,21). The molecule has 0 fully saturated rings. The average molecular weight is 378 g/mol. The Balaban J connectivity index is 1.53. The predicted molar refractivity (Wildman–Crippen MR) is 96.7 cm³/mol. The summed E-state index contributed by atoms with van der Waals surface area (Å²) in [5, 5.41) is 4.69. The van der Waals surface area contributed by atoms with Crippen LogP contribution in [0.3, 0.4) is 0 Å². The Morgan fingerprint density at radius 1 is 1.32 bits per heavy atom. The number of rotatable bonds is 7. The van der Waals surface area contributed by atoms with Crippen LogP contribution in [0.4, 0.5) is 0 Å². The van der Waals surface area contributed by atoms with Gasteiger partial charge in [-0.3, -0.25) is 9.59 Å². The molecule has 25 heavy (non-hydrogen) atoms. The Morgan fingerprint density at radius 3 is 2.92 bits per heavy atom. The highest BCUT2D eigenvalue weighted by Gasteiger charge is 2.17. The molecule has 0 saturated carbocycles. The number of aromatic nitrogens is 1. The Hall–Kier alpha value is -2.06. The van der Waals surface area contributed by atoms with E-state index >= 15 is 0 Å². The summed E-state index contributed by atoms with van der Waals surface area (Å²) in [4.78, 5) is 28.5. The average Bonchev–Trinajstić information content (AvgIpc) is 3.19. The van der Waals surface area contributed by atoms with E-state index in [-0.39, 0.29) is 36.7 Å². The first-order valence-electron chi connectivity index (χ1n) is 7.80. The van der Waals surface area contributed by atoms with E-state index < -0.39 is 0 Å². The quantitative estimate of drug-likeness (QED) is 0.590. The van der Waals surface area contributed by atoms with E-state index in [9.17, 15) is 9.59 Å². The van der Waals surface area contributed by atoms with Crippen LogP contribution in [-0.2, 0) is 11.2 Å². The van der Waals surface area contributed by atoms with E-state index in [1.807, 2.05) is 19.2 Å². The second-order valence-corrected chi connectivity index (χ2v) is 7.86. The van der Waals surface area contributed by atoms with Crippen LogP contribution in [0.15, 0.2) is 27.9 Å². The van der Waals surface area contributed by atoms with Gasteiger partial charge in [0, 0.05) is 17.0 Å². The molecule has 1 aromatic carbocycles. The van der Waals surface area contributed by atoms with Crippen LogP contribution in [0, 0.1) is 0 Å². The van der Waals surface area contributed by atoms with E-state index in [1.165, 1.54) is 23.1 Å². The first-order valence-corrected chi connectivity index (χ1v) is 9.67. The Kier molecular flexibility index (Phi) is 5.60. The van der Waals surface area contributed by atoms with Crippen molar-refractivity contribution in [3.05, 3.63) is 34.8 Å². The van der Waals surface area contributed by atoms with Gasteiger partial charge in [0.15, 0.2) is 21.6 Å². The molecule has 0 unspecified atom stereocenters. The predicted octanol–water partition coefficient (Wildman–Crippen LogP) is 2.91. The SMILES string of the molecule is CC(C)NC(=O)Cc1csc(SCC(=O)c2ccc3c(c2)OCO3)n1. The monoisotopic (exact) mass is 378 g/mol. The third kappa shape index (κ3) is 4.73. The summed E-state index contributed by atoms with van der Waals surface area (Å²) >= 11 is 2.82. The molecule has 0 saturated heterocycles. The number of carbonyl (C=O) groups is 2. The van der Waals surface area contributed by atoms with E-state index in [0.29, 0.717) is 17.1 Å². The minimum atomic E-state index is -0.0479. The first-order chi connectivity index (χ1) is 12.0. The normalized spacial score (nSPS) is 12.4. The fourth-order valence-corrected chi connectivity index (χ4v) is 3.99. The van der Waals surface area contributed by atoms with Crippen molar-refractivity contribution in [2.45, 2.75) is 30.6 Å². The van der Waals surface area contributed by atoms with Gasteiger partial charge in [-0.2, -0.15) is 0 Å². The number of ether oxygens (including phenoxy) is 2. The van der Waals surface area contributed by atoms with Crippen LogP contribution in [0.1, 0.15) is 29.9 Å². The molecule has 2 heterocycles. The summed E-state index contributed by atoms with van der Waals surface area (Å²) in [6, 6.07) is 5.29. The summed E-state index contributed by atoms with van der Waals surface area (Å²) in [7, 11) is 0. The lowest BCUT2D eigenvalue weighted by atomic mass is 10.1. The van der Waals surface area contributed by atoms with Gasteiger partial charge >= 0.3 is 0 Å². The smallest absolute Gasteiger partial charge is 0.231 e. The summed E-state index contributed by atoms with van der Waals surface area (Å²) in [6.45, 7) is 4.03. The lowest BCUT2D eigenvalue weighted by Gasteiger charge is -2.06. The van der Waals surface area contributed by atoms with Gasteiger partial charge in [-0.15, -0.1) is 11.3 Å². The van der Waals surface area contributed by atoms with E-state index in [0.717, 1.165) is 10.0 Å². The van der Waals surface area contributed by atoms with Crippen LogP contribution in [0.5, 0.6) is 11.5 Å². The zero-order valence-corrected chi connectivity index (χ0v) is 15.5. The molecule has 0 bridgehead atoms. The lowest BCUT2D eigenvalue weighted by Crippen LogP contribution is -2.31. The molecular formula is C17H18N2O4S2. The van der Waals surface area contributed by atoms with Crippen LogP contribution >= 0.6 is 23.1 Å². The van der Waals surface area contributed by atoms with Crippen molar-refractivity contribution in [1.82, 2.24) is 10.3 Å². The molecule has 8 heteroatoms. The third-order valence-electron chi connectivity index (χ3n) is 3.34. The van der Waals surface area contributed by atoms with Crippen molar-refractivity contribution < 1.29 is 19.1 Å². The van der Waals surface area contributed by atoms with Gasteiger partial charge in [-0.25, -0.2) is 4.98 Å². The fourth-order valence-electron chi connectivity index (χ4n) is 2.25. The molecule has 1 aliphatic heterocycles. The van der Waals surface area contributed by atoms with Gasteiger partial charge in [-0.05, 0) is 32.0 Å². The maximum atomic E-state index is 12.3. The molecule has 132 valence electrons. The number of nitrogens with zero attached hydrogens (tertiary/aromatic N) is 1. The summed E-state index contributed by atoms with van der Waals surface area (Å²) in [5.41, 5.74) is 1.31. The molecule has 0 radical (unpaired) electrons. The van der Waals surface area contributed by atoms with Crippen molar-refractivity contribution in [1.29, 1.82) is 0 Å². The van der Waals surface area contributed by atoms with Gasteiger partial charge < -0.3 is 14.8 Å². The summed E-state index contributed by atoms with van der Waals surface area (Å²) in [5.74, 6) is 1.49. The maximum Gasteiger partial charge on any atom is 0.231 e. The number of Topliss-reactive ketones (excluding diaryl/α,β-unsaturated/α-hetero) is 1. The van der Waals surface area contributed by atoms with Crippen molar-refractivity contribution in [2.24, 2.45) is 0 Å². The summed E-state index contributed by atoms with van der Waals surface area (Å²) < 4.78 is 11.3. The first kappa shape index (κ1) is 17.8. The number of amides is 1. The van der Waals surface area contributed by atoms with Crippen LogP contribution < -0.4 is 14.8 Å². The number of ketones is 1. The van der Waals surface area contributed by atoms with Crippen LogP contribution in [-0.4, -0.2) is 35.3 Å². The number of thioether (sulfide) groups is 1. The number of fused-ring (bicyclic) bond motifs is 1. The second-order valence-electron chi connectivity index (χ2n) is 5.78. The van der Waals surface area contributed by atoms with E-state index in [1.54, 1.807) is 18.2 Å². The fraction of sp³-hybridized carbons (Fsp3) is 0.353. The van der Waals surface area contributed by atoms with Crippen molar-refractivity contribution in [3.63, 3.8) is 0 Å². The number of carbonyl (C=O) groups excluding carboxylic acids is 2. The number of hydrogen-bond donors (Lipinski definition) is 1. The topological polar surface area (TPSA) is 77.5 Å². The molecule has 1 amide bonds. The van der Waals surface area contributed by atoms with Gasteiger partial charge in [0.2, 0.25) is 12.7 Å². The largest absolute Gasteiger partial charge is 0.454 e. The molecule has 0 atom stereocenters. The molecule has 1 aliphatic rings. The molecular weight excluding hydrogens is 360 g/mol. The highest BCUT2D eigenvalue weighted by Crippen LogP contribution is 2.33. The summed E-state index contributed by atoms with van der Waals surface area (Å²) in [6.07, 6.45) is 0.255. The van der Waals surface area contributed by atoms with Gasteiger partial charge in [0.05, 0.1) is 17.9 Å². The Morgan fingerprint density at radius 2 is 2.12 bits per heavy atom. The van der Waals surface area contributed by atoms with Gasteiger partial charge in [0.1, 0.15) is 0 Å². The number of hydrogen-bond acceptors (Lipinski definition) is 7. The number of benzene rings is 1. The lowest BCUT2D eigenvalue weighted by molar-refractivity contribution is -0.120.